The maximum atomic E-state index is 12.5. The summed E-state index contributed by atoms with van der Waals surface area (Å²) in [6, 6.07) is 13.2. The molecule has 2 aliphatic heterocycles. The van der Waals surface area contributed by atoms with Gasteiger partial charge in [-0.2, -0.15) is 5.26 Å². The van der Waals surface area contributed by atoms with Crippen molar-refractivity contribution in [2.24, 2.45) is 0 Å². The van der Waals surface area contributed by atoms with Gasteiger partial charge in [0.05, 0.1) is 0 Å². The number of aromatic hydroxyl groups is 1. The molecule has 0 aliphatic carbocycles. The zero-order chi connectivity index (χ0) is 20.2. The second-order valence-electron chi connectivity index (χ2n) is 7.72. The average Bonchev–Trinajstić information content (AvgIpc) is 2.74. The van der Waals surface area contributed by atoms with Crippen LogP contribution in [0.25, 0.3) is 6.08 Å². The smallest absolute Gasteiger partial charge is 0.261 e. The molecule has 37 heavy (non-hydrogen) atoms. The third-order valence-electron chi connectivity index (χ3n) is 5.67. The van der Waals surface area contributed by atoms with Crippen molar-refractivity contribution in [1.82, 2.24) is 5.32 Å². The number of nitriles is 1. The molecule has 213 valence electrons. The molecule has 0 atom stereocenters. The van der Waals surface area contributed by atoms with Gasteiger partial charge in [-0.15, -0.1) is 0 Å². The molecule has 2 N–H and O–H groups in total. The number of aryl methyl sites for hydroxylation is 2. The van der Waals surface area contributed by atoms with Crippen molar-refractivity contribution in [2.75, 3.05) is 24.5 Å². The van der Waals surface area contributed by atoms with E-state index in [4.69, 9.17) is 0 Å². The monoisotopic (exact) mass is 785 g/mol. The Morgan fingerprint density at radius 1 is 0.973 bits per heavy atom. The van der Waals surface area contributed by atoms with Crippen LogP contribution in [-0.4, -0.2) is 30.6 Å². The number of amides is 1. The number of phenolic OH excluding ortho intramolecular Hbond substituents is 1. The number of carbonyl (C=O) groups is 1. The summed E-state index contributed by atoms with van der Waals surface area (Å²) in [6.45, 7) is 2.69. The van der Waals surface area contributed by atoms with Crippen molar-refractivity contribution in [2.45, 2.75) is 76.7 Å². The molecule has 0 spiro atoms. The summed E-state index contributed by atoms with van der Waals surface area (Å²) >= 11 is 0. The Kier molecular flexibility index (Phi) is 22.8. The van der Waals surface area contributed by atoms with Crippen LogP contribution in [0.2, 0.25) is 0 Å². The van der Waals surface area contributed by atoms with Gasteiger partial charge in [-0.1, -0.05) is 56.7 Å². The van der Waals surface area contributed by atoms with Crippen LogP contribution in [0.15, 0.2) is 42.0 Å². The van der Waals surface area contributed by atoms with Crippen LogP contribution in [0.1, 0.15) is 79.7 Å². The van der Waals surface area contributed by atoms with Crippen molar-refractivity contribution in [3.8, 4) is 11.8 Å². The fourth-order valence-electron chi connectivity index (χ4n) is 4.31. The Labute approximate surface area is 231 Å². The molecule has 7 heteroatoms. The summed E-state index contributed by atoms with van der Waals surface area (Å²) in [4.78, 5) is 15.0. The van der Waals surface area contributed by atoms with Crippen LogP contribution >= 0.6 is 0 Å². The number of phenols is 1. The number of anilines is 1. The molecule has 0 fully saturated rings. The maximum Gasteiger partial charge on any atom is 0.261 e. The molecule has 1 radical (unpaired) electrons. The first-order chi connectivity index (χ1) is 14.1. The van der Waals surface area contributed by atoms with Crippen LogP contribution in [0.5, 0.6) is 5.75 Å². The first-order valence-electron chi connectivity index (χ1n) is 10.2. The molecule has 4 rings (SSSR count). The van der Waals surface area contributed by atoms with E-state index in [2.05, 4.69) is 28.4 Å². The molecule has 0 aromatic heterocycles. The summed E-state index contributed by atoms with van der Waals surface area (Å²) in [5.74, 6) is -0.126. The van der Waals surface area contributed by atoms with E-state index in [0.29, 0.717) is 13.0 Å². The zero-order valence-electron chi connectivity index (χ0n) is 17.1. The minimum Gasteiger partial charge on any atom is -0.508 e. The molecule has 1 amide bonds. The quantitative estimate of drug-likeness (QED) is 0.249. The number of benzene rings is 2. The molecule has 2 aromatic rings. The Balaban J connectivity index is -0.000000427. The minimum absolute atomic E-state index is 0. The number of carbonyl (C=O) groups excluding carboxylic acids is 1. The van der Waals surface area contributed by atoms with E-state index in [-0.39, 0.29) is 78.6 Å². The van der Waals surface area contributed by atoms with Crippen molar-refractivity contribution >= 4 is 17.7 Å². The van der Waals surface area contributed by atoms with Gasteiger partial charge < -0.3 is 15.3 Å². The van der Waals surface area contributed by atoms with E-state index in [1.807, 2.05) is 12.1 Å². The summed E-state index contributed by atoms with van der Waals surface area (Å²) < 4.78 is 0. The number of rotatable bonds is 5. The van der Waals surface area contributed by atoms with Gasteiger partial charge in [-0.3, -0.25) is 4.79 Å². The van der Waals surface area contributed by atoms with Crippen molar-refractivity contribution in [3.63, 3.8) is 0 Å². The maximum absolute atomic E-state index is 12.5. The molecule has 0 saturated heterocycles. The van der Waals surface area contributed by atoms with E-state index in [1.165, 1.54) is 16.8 Å². The molecule has 0 unspecified atom stereocenters. The van der Waals surface area contributed by atoms with Crippen molar-refractivity contribution in [1.29, 1.82) is 5.26 Å². The number of nitrogens with zero attached hydrogens (tertiary/aromatic N) is 2. The van der Waals surface area contributed by atoms with E-state index in [9.17, 15) is 15.2 Å². The molecule has 2 aromatic carbocycles. The third kappa shape index (κ3) is 10.0. The van der Waals surface area contributed by atoms with Crippen LogP contribution in [0.3, 0.4) is 0 Å². The van der Waals surface area contributed by atoms with Gasteiger partial charge >= 0.3 is 0 Å². The largest absolute Gasteiger partial charge is 0.508 e. The predicted octanol–water partition coefficient (Wildman–Crippen LogP) is 7.17. The molecule has 5 nitrogen and oxygen atoms in total. The van der Waals surface area contributed by atoms with Crippen molar-refractivity contribution in [3.05, 3.63) is 64.2 Å². The van der Waals surface area contributed by atoms with Gasteiger partial charge in [0.2, 0.25) is 0 Å². The molecule has 2 heterocycles. The van der Waals surface area contributed by atoms with Gasteiger partial charge in [0.1, 0.15) is 17.4 Å². The van der Waals surface area contributed by atoms with Gasteiger partial charge in [-0.25, -0.2) is 0 Å². The Bertz CT molecular complexity index is 970. The normalized spacial score (nSPS) is 12.1. The summed E-state index contributed by atoms with van der Waals surface area (Å²) in [5.41, 5.74) is 6.15. The molecular weight excluding hydrogens is 740 g/mol. The number of hydrogen-bond donors (Lipinski definition) is 2. The van der Waals surface area contributed by atoms with E-state index < -0.39 is 0 Å². The number of nitrogens with one attached hydrogen (secondary N) is 1. The number of hydrogen-bond acceptors (Lipinski definition) is 4. The fourth-order valence-corrected chi connectivity index (χ4v) is 4.31. The molecule has 0 bridgehead atoms. The first-order valence-corrected chi connectivity index (χ1v) is 10.2. The van der Waals surface area contributed by atoms with Crippen LogP contribution < -0.4 is 10.2 Å². The summed E-state index contributed by atoms with van der Waals surface area (Å²) in [5, 5.41) is 21.7. The molecular formula is C30H49CmCoN3O2. The first kappa shape index (κ1) is 43.3. The molecule has 2 aliphatic rings. The average molecular weight is 790 g/mol. The second kappa shape index (κ2) is 19.4. The predicted molar refractivity (Wildman–Crippen MR) is 154 cm³/mol. The third-order valence-corrected chi connectivity index (χ3v) is 5.67. The zero-order valence-corrected chi connectivity index (χ0v) is 21.1. The van der Waals surface area contributed by atoms with Crippen LogP contribution in [-0.2, 0) is 40.8 Å². The van der Waals surface area contributed by atoms with Gasteiger partial charge in [0, 0.05) is 42.1 Å². The van der Waals surface area contributed by atoms with E-state index in [1.54, 1.807) is 18.2 Å². The minimum atomic E-state index is -0.348. The topological polar surface area (TPSA) is 76.4 Å². The van der Waals surface area contributed by atoms with Gasteiger partial charge in [0.25, 0.3) is 5.91 Å². The standard InChI is InChI=1S/C24H25N3O2.6CH4.Cm.Co/c25-16-21(24(29)26-10-9-17-5-7-22(28)8-6-17)15-18-13-19-3-1-11-27-12-2-4-20(14-18)23(19)27;;;;;;;;/h5-8,13-15,28H,1-4,9-12H2,(H,26,29);6*1H4;;/b21-15-;;;;;;;;. The fraction of sp³-hybridized carbons (Fsp3) is 0.467. The van der Waals surface area contributed by atoms with Gasteiger partial charge in [-0.05, 0) is 84.7 Å². The van der Waals surface area contributed by atoms with E-state index in [0.717, 1.165) is 49.9 Å². The van der Waals surface area contributed by atoms with Crippen molar-refractivity contribution < 1.29 is 26.7 Å². The SMILES string of the molecule is C.C.C.C.C.C.N#C/C(=C/c1cc2c3c(c1)CCCN3CCC2)C(=O)NCCc1ccc(O)cc1.[Cm].[Co]. The second-order valence-corrected chi connectivity index (χ2v) is 7.72. The van der Waals surface area contributed by atoms with E-state index >= 15 is 0 Å². The van der Waals surface area contributed by atoms with Crippen LogP contribution in [0.4, 0.5) is 5.69 Å². The Hall–Kier alpha value is -3.75. The molecule has 0 saturated carbocycles. The van der Waals surface area contributed by atoms with Gasteiger partial charge in [0.15, 0.2) is 0 Å². The van der Waals surface area contributed by atoms with Crippen LogP contribution in [0, 0.1) is 11.3 Å². The summed E-state index contributed by atoms with van der Waals surface area (Å²) in [7, 11) is 0. The summed E-state index contributed by atoms with van der Waals surface area (Å²) in [6.07, 6.45) is 6.77. The Morgan fingerprint density at radius 2 is 1.49 bits per heavy atom. The Morgan fingerprint density at radius 3 is 1.97 bits per heavy atom.